The van der Waals surface area contributed by atoms with Gasteiger partial charge in [0.1, 0.15) is 0 Å². The molecule has 0 aromatic carbocycles. The minimum absolute atomic E-state index is 0.178. The summed E-state index contributed by atoms with van der Waals surface area (Å²) in [6.45, 7) is 7.25. The summed E-state index contributed by atoms with van der Waals surface area (Å²) in [5.74, 6) is 1.67. The second-order valence-corrected chi connectivity index (χ2v) is 6.67. The SMILES string of the molecule is CC1CC2(Cl)CCCC(C2)C1(C)C. The first-order valence-electron chi connectivity index (χ1n) is 5.63. The summed E-state index contributed by atoms with van der Waals surface area (Å²) in [6, 6.07) is 0. The lowest BCUT2D eigenvalue weighted by molar-refractivity contribution is 0.0156. The van der Waals surface area contributed by atoms with Gasteiger partial charge in [0.15, 0.2) is 0 Å². The van der Waals surface area contributed by atoms with Gasteiger partial charge in [0.2, 0.25) is 0 Å². The van der Waals surface area contributed by atoms with Gasteiger partial charge in [-0.3, -0.25) is 0 Å². The van der Waals surface area contributed by atoms with E-state index in [2.05, 4.69) is 20.8 Å². The lowest BCUT2D eigenvalue weighted by Crippen LogP contribution is -2.47. The summed E-state index contributed by atoms with van der Waals surface area (Å²) < 4.78 is 0. The van der Waals surface area contributed by atoms with E-state index in [1.165, 1.54) is 32.1 Å². The Labute approximate surface area is 87.0 Å². The van der Waals surface area contributed by atoms with E-state index in [1.54, 1.807) is 0 Å². The predicted octanol–water partition coefficient (Wildman–Crippen LogP) is 4.22. The molecule has 0 radical (unpaired) electrons. The number of fused-ring (bicyclic) bond motifs is 2. The second kappa shape index (κ2) is 2.89. The van der Waals surface area contributed by atoms with Gasteiger partial charge in [-0.15, -0.1) is 11.6 Å². The fraction of sp³-hybridized carbons (Fsp3) is 1.00. The highest BCUT2D eigenvalue weighted by Crippen LogP contribution is 2.56. The zero-order valence-corrected chi connectivity index (χ0v) is 9.82. The summed E-state index contributed by atoms with van der Waals surface area (Å²) >= 11 is 6.63. The standard InChI is InChI=1S/C12H21Cl/c1-9-7-12(13)6-4-5-10(8-12)11(9,2)3/h9-10H,4-8H2,1-3H3. The summed E-state index contributed by atoms with van der Waals surface area (Å²) in [7, 11) is 0. The molecular formula is C12H21Cl. The smallest absolute Gasteiger partial charge is 0.0452 e. The van der Waals surface area contributed by atoms with E-state index in [0.29, 0.717) is 5.41 Å². The molecule has 2 rings (SSSR count). The lowest BCUT2D eigenvalue weighted by Gasteiger charge is -2.53. The van der Waals surface area contributed by atoms with Gasteiger partial charge in [0.25, 0.3) is 0 Å². The van der Waals surface area contributed by atoms with E-state index in [9.17, 15) is 0 Å². The molecule has 13 heavy (non-hydrogen) atoms. The highest BCUT2D eigenvalue weighted by Gasteiger charge is 2.49. The normalized spacial score (nSPS) is 48.9. The number of hydrogen-bond acceptors (Lipinski definition) is 0. The molecule has 2 bridgehead atoms. The van der Waals surface area contributed by atoms with Crippen molar-refractivity contribution in [2.45, 2.75) is 57.7 Å². The Hall–Kier alpha value is 0.290. The maximum Gasteiger partial charge on any atom is 0.0452 e. The van der Waals surface area contributed by atoms with Crippen molar-refractivity contribution in [3.63, 3.8) is 0 Å². The average molecular weight is 201 g/mol. The third-order valence-electron chi connectivity index (χ3n) is 4.78. The summed E-state index contributed by atoms with van der Waals surface area (Å²) in [6.07, 6.45) is 6.52. The Morgan fingerprint density at radius 2 is 1.92 bits per heavy atom. The van der Waals surface area contributed by atoms with Gasteiger partial charge in [0, 0.05) is 4.87 Å². The van der Waals surface area contributed by atoms with Crippen LogP contribution in [0.3, 0.4) is 0 Å². The second-order valence-electron chi connectivity index (χ2n) is 5.87. The number of halogens is 1. The zero-order valence-electron chi connectivity index (χ0n) is 9.07. The minimum Gasteiger partial charge on any atom is -0.119 e. The Bertz CT molecular complexity index is 205. The van der Waals surface area contributed by atoms with Crippen molar-refractivity contribution in [3.05, 3.63) is 0 Å². The molecule has 2 aliphatic carbocycles. The molecule has 0 amide bonds. The Morgan fingerprint density at radius 3 is 2.62 bits per heavy atom. The molecule has 2 saturated carbocycles. The van der Waals surface area contributed by atoms with Crippen LogP contribution in [0.5, 0.6) is 0 Å². The largest absolute Gasteiger partial charge is 0.119 e. The molecule has 1 heteroatoms. The monoisotopic (exact) mass is 200 g/mol. The molecule has 2 fully saturated rings. The van der Waals surface area contributed by atoms with E-state index in [4.69, 9.17) is 11.6 Å². The van der Waals surface area contributed by atoms with Gasteiger partial charge < -0.3 is 0 Å². The number of alkyl halides is 1. The van der Waals surface area contributed by atoms with Crippen LogP contribution in [0.15, 0.2) is 0 Å². The molecule has 0 aliphatic heterocycles. The van der Waals surface area contributed by atoms with Crippen molar-refractivity contribution in [2.75, 3.05) is 0 Å². The Kier molecular flexibility index (Phi) is 2.18. The third kappa shape index (κ3) is 1.52. The number of hydrogen-bond donors (Lipinski definition) is 0. The van der Waals surface area contributed by atoms with Crippen LogP contribution < -0.4 is 0 Å². The van der Waals surface area contributed by atoms with Crippen LogP contribution in [0.1, 0.15) is 52.9 Å². The quantitative estimate of drug-likeness (QED) is 0.514. The van der Waals surface area contributed by atoms with Gasteiger partial charge in [-0.25, -0.2) is 0 Å². The first-order valence-corrected chi connectivity index (χ1v) is 6.01. The highest BCUT2D eigenvalue weighted by molar-refractivity contribution is 6.24. The van der Waals surface area contributed by atoms with E-state index >= 15 is 0 Å². The van der Waals surface area contributed by atoms with Crippen LogP contribution in [0.25, 0.3) is 0 Å². The van der Waals surface area contributed by atoms with Gasteiger partial charge in [-0.1, -0.05) is 27.2 Å². The Morgan fingerprint density at radius 1 is 1.23 bits per heavy atom. The first-order chi connectivity index (χ1) is 5.94. The zero-order chi connectivity index (χ0) is 9.69. The number of rotatable bonds is 0. The summed E-state index contributed by atoms with van der Waals surface area (Å²) in [5, 5.41) is 0. The third-order valence-corrected chi connectivity index (χ3v) is 5.28. The van der Waals surface area contributed by atoms with Crippen LogP contribution in [0.2, 0.25) is 0 Å². The molecule has 0 saturated heterocycles. The Balaban J connectivity index is 2.23. The first kappa shape index (κ1) is 9.83. The van der Waals surface area contributed by atoms with Crippen LogP contribution in [0.4, 0.5) is 0 Å². The van der Waals surface area contributed by atoms with E-state index in [0.717, 1.165) is 11.8 Å². The van der Waals surface area contributed by atoms with Crippen molar-refractivity contribution < 1.29 is 0 Å². The predicted molar refractivity (Wildman–Crippen MR) is 58.1 cm³/mol. The van der Waals surface area contributed by atoms with Crippen LogP contribution >= 0.6 is 11.6 Å². The molecule has 0 N–H and O–H groups in total. The lowest BCUT2D eigenvalue weighted by atomic mass is 9.55. The molecular weight excluding hydrogens is 180 g/mol. The molecule has 0 nitrogen and oxygen atoms in total. The fourth-order valence-electron chi connectivity index (χ4n) is 3.35. The highest BCUT2D eigenvalue weighted by atomic mass is 35.5. The summed E-state index contributed by atoms with van der Waals surface area (Å²) in [5.41, 5.74) is 0.527. The van der Waals surface area contributed by atoms with Crippen LogP contribution in [0, 0.1) is 17.3 Å². The van der Waals surface area contributed by atoms with Crippen molar-refractivity contribution in [2.24, 2.45) is 17.3 Å². The molecule has 3 unspecified atom stereocenters. The molecule has 0 spiro atoms. The molecule has 0 heterocycles. The molecule has 2 aliphatic rings. The fourth-order valence-corrected chi connectivity index (χ4v) is 3.90. The molecule has 0 aromatic rings. The molecule has 0 aromatic heterocycles. The van der Waals surface area contributed by atoms with E-state index < -0.39 is 0 Å². The van der Waals surface area contributed by atoms with Crippen molar-refractivity contribution >= 4 is 11.6 Å². The molecule has 76 valence electrons. The van der Waals surface area contributed by atoms with Gasteiger partial charge in [0.05, 0.1) is 0 Å². The van der Waals surface area contributed by atoms with Crippen LogP contribution in [-0.2, 0) is 0 Å². The van der Waals surface area contributed by atoms with E-state index in [1.807, 2.05) is 0 Å². The maximum absolute atomic E-state index is 6.63. The van der Waals surface area contributed by atoms with Crippen LogP contribution in [-0.4, -0.2) is 4.87 Å². The molecule has 3 atom stereocenters. The average Bonchev–Trinajstić information content (AvgIpc) is 2.01. The van der Waals surface area contributed by atoms with Crippen molar-refractivity contribution in [1.82, 2.24) is 0 Å². The van der Waals surface area contributed by atoms with Gasteiger partial charge >= 0.3 is 0 Å². The minimum atomic E-state index is 0.178. The topological polar surface area (TPSA) is 0 Å². The maximum atomic E-state index is 6.63. The van der Waals surface area contributed by atoms with Gasteiger partial charge in [-0.2, -0.15) is 0 Å². The van der Waals surface area contributed by atoms with Crippen molar-refractivity contribution in [3.8, 4) is 0 Å². The van der Waals surface area contributed by atoms with Crippen molar-refractivity contribution in [1.29, 1.82) is 0 Å². The van der Waals surface area contributed by atoms with E-state index in [-0.39, 0.29) is 4.87 Å². The van der Waals surface area contributed by atoms with Gasteiger partial charge in [-0.05, 0) is 42.9 Å². The summed E-state index contributed by atoms with van der Waals surface area (Å²) in [4.78, 5) is 0.178.